The van der Waals surface area contributed by atoms with Gasteiger partial charge in [-0.05, 0) is 38.9 Å². The number of benzene rings is 1. The molecule has 1 heterocycles. The van der Waals surface area contributed by atoms with Gasteiger partial charge in [0.1, 0.15) is 17.4 Å². The van der Waals surface area contributed by atoms with E-state index in [4.69, 9.17) is 4.74 Å². The molecular weight excluding hydrogens is 268 g/mol. The first-order chi connectivity index (χ1) is 9.70. The zero-order valence-corrected chi connectivity index (χ0v) is 13.2. The average Bonchev–Trinajstić information content (AvgIpc) is 2.85. The van der Waals surface area contributed by atoms with Crippen LogP contribution in [0.1, 0.15) is 41.9 Å². The van der Waals surface area contributed by atoms with Gasteiger partial charge >= 0.3 is 0 Å². The molecule has 0 radical (unpaired) electrons. The van der Waals surface area contributed by atoms with Gasteiger partial charge in [0, 0.05) is 10.9 Å². The maximum absolute atomic E-state index is 5.75. The Bertz CT molecular complexity index is 525. The fourth-order valence-corrected chi connectivity index (χ4v) is 3.05. The molecule has 2 rings (SSSR count). The second-order valence-electron chi connectivity index (χ2n) is 4.83. The molecule has 1 aromatic carbocycles. The second kappa shape index (κ2) is 7.41. The molecule has 0 saturated carbocycles. The van der Waals surface area contributed by atoms with Crippen molar-refractivity contribution in [3.63, 3.8) is 0 Å². The zero-order valence-electron chi connectivity index (χ0n) is 12.3. The summed E-state index contributed by atoms with van der Waals surface area (Å²) in [4.78, 5) is 5.92. The van der Waals surface area contributed by atoms with Crippen LogP contribution in [0, 0.1) is 6.92 Å². The van der Waals surface area contributed by atoms with Crippen LogP contribution in [0.2, 0.25) is 0 Å². The van der Waals surface area contributed by atoms with Crippen LogP contribution in [0.3, 0.4) is 0 Å². The Balaban J connectivity index is 1.96. The number of nitrogens with zero attached hydrogens (tertiary/aromatic N) is 1. The number of thiazole rings is 1. The van der Waals surface area contributed by atoms with E-state index < -0.39 is 0 Å². The summed E-state index contributed by atoms with van der Waals surface area (Å²) in [6.07, 6.45) is 1.15. The van der Waals surface area contributed by atoms with Crippen LogP contribution in [0.25, 0.3) is 0 Å². The zero-order chi connectivity index (χ0) is 14.4. The van der Waals surface area contributed by atoms with Gasteiger partial charge in [0.2, 0.25) is 0 Å². The lowest BCUT2D eigenvalue weighted by atomic mass is 10.2. The van der Waals surface area contributed by atoms with Crippen molar-refractivity contribution in [3.8, 4) is 5.75 Å². The topological polar surface area (TPSA) is 34.1 Å². The summed E-state index contributed by atoms with van der Waals surface area (Å²) in [6.45, 7) is 8.02. The molecule has 0 spiro atoms. The van der Waals surface area contributed by atoms with Crippen molar-refractivity contribution < 1.29 is 4.74 Å². The first kappa shape index (κ1) is 15.0. The molecule has 20 heavy (non-hydrogen) atoms. The Morgan fingerprint density at radius 2 is 2.05 bits per heavy atom. The third-order valence-corrected chi connectivity index (χ3v) is 4.39. The molecule has 0 fully saturated rings. The summed E-state index contributed by atoms with van der Waals surface area (Å²) < 4.78 is 5.75. The van der Waals surface area contributed by atoms with E-state index >= 15 is 0 Å². The summed E-state index contributed by atoms with van der Waals surface area (Å²) in [5, 5.41) is 4.54. The van der Waals surface area contributed by atoms with Crippen LogP contribution in [0.5, 0.6) is 5.75 Å². The first-order valence-corrected chi connectivity index (χ1v) is 7.89. The summed E-state index contributed by atoms with van der Waals surface area (Å²) in [6, 6.07) is 10.2. The number of hydrogen-bond donors (Lipinski definition) is 1. The Morgan fingerprint density at radius 3 is 2.75 bits per heavy atom. The standard InChI is InChI=1S/C16H22N2OS/c1-4-10-17-12(2)16-13(3)18-15(20-16)11-19-14-8-6-5-7-9-14/h5-9,12,17H,4,10-11H2,1-3H3. The average molecular weight is 290 g/mol. The maximum Gasteiger partial charge on any atom is 0.140 e. The molecule has 0 saturated heterocycles. The van der Waals surface area contributed by atoms with Crippen LogP contribution in [-0.4, -0.2) is 11.5 Å². The Hall–Kier alpha value is -1.39. The molecule has 0 bridgehead atoms. The van der Waals surface area contributed by atoms with Crippen molar-refractivity contribution in [2.45, 2.75) is 39.8 Å². The van der Waals surface area contributed by atoms with Gasteiger partial charge in [0.05, 0.1) is 5.69 Å². The molecule has 1 aromatic heterocycles. The van der Waals surface area contributed by atoms with Crippen molar-refractivity contribution in [2.24, 2.45) is 0 Å². The fourth-order valence-electron chi connectivity index (χ4n) is 2.04. The van der Waals surface area contributed by atoms with E-state index in [-0.39, 0.29) is 0 Å². The van der Waals surface area contributed by atoms with Crippen LogP contribution < -0.4 is 10.1 Å². The SMILES string of the molecule is CCCNC(C)c1sc(COc2ccccc2)nc1C. The smallest absolute Gasteiger partial charge is 0.140 e. The molecule has 0 amide bonds. The predicted molar refractivity (Wildman–Crippen MR) is 84.3 cm³/mol. The van der Waals surface area contributed by atoms with Crippen molar-refractivity contribution in [2.75, 3.05) is 6.54 Å². The lowest BCUT2D eigenvalue weighted by molar-refractivity contribution is 0.305. The van der Waals surface area contributed by atoms with Gasteiger partial charge in [-0.25, -0.2) is 4.98 Å². The van der Waals surface area contributed by atoms with E-state index in [2.05, 4.69) is 31.1 Å². The van der Waals surface area contributed by atoms with Crippen LogP contribution in [-0.2, 0) is 6.61 Å². The number of para-hydroxylation sites is 1. The van der Waals surface area contributed by atoms with Gasteiger partial charge in [-0.3, -0.25) is 0 Å². The highest BCUT2D eigenvalue weighted by atomic mass is 32.1. The van der Waals surface area contributed by atoms with Gasteiger partial charge in [-0.15, -0.1) is 11.3 Å². The highest BCUT2D eigenvalue weighted by Crippen LogP contribution is 2.25. The molecule has 1 N–H and O–H groups in total. The molecule has 108 valence electrons. The number of rotatable bonds is 7. The van der Waals surface area contributed by atoms with Crippen LogP contribution in [0.15, 0.2) is 30.3 Å². The highest BCUT2D eigenvalue weighted by molar-refractivity contribution is 7.11. The Morgan fingerprint density at radius 1 is 1.30 bits per heavy atom. The molecular formula is C16H22N2OS. The van der Waals surface area contributed by atoms with Gasteiger partial charge in [-0.1, -0.05) is 25.1 Å². The summed E-state index contributed by atoms with van der Waals surface area (Å²) in [5.74, 6) is 0.888. The largest absolute Gasteiger partial charge is 0.486 e. The lowest BCUT2D eigenvalue weighted by Gasteiger charge is -2.11. The fraction of sp³-hybridized carbons (Fsp3) is 0.438. The Kier molecular flexibility index (Phi) is 5.56. The van der Waals surface area contributed by atoms with E-state index in [1.54, 1.807) is 11.3 Å². The third-order valence-electron chi connectivity index (χ3n) is 3.08. The van der Waals surface area contributed by atoms with Gasteiger partial charge in [-0.2, -0.15) is 0 Å². The van der Waals surface area contributed by atoms with Crippen LogP contribution in [0.4, 0.5) is 0 Å². The summed E-state index contributed by atoms with van der Waals surface area (Å²) in [5.41, 5.74) is 1.11. The quantitative estimate of drug-likeness (QED) is 0.834. The van der Waals surface area contributed by atoms with Gasteiger partial charge < -0.3 is 10.1 Å². The number of aryl methyl sites for hydroxylation is 1. The van der Waals surface area contributed by atoms with E-state index in [0.717, 1.165) is 29.4 Å². The molecule has 0 aliphatic heterocycles. The number of hydrogen-bond acceptors (Lipinski definition) is 4. The minimum absolute atomic E-state index is 0.359. The second-order valence-corrected chi connectivity index (χ2v) is 5.95. The monoisotopic (exact) mass is 290 g/mol. The predicted octanol–water partition coefficient (Wildman–Crippen LogP) is 4.09. The van der Waals surface area contributed by atoms with Crippen LogP contribution >= 0.6 is 11.3 Å². The van der Waals surface area contributed by atoms with Crippen molar-refractivity contribution in [3.05, 3.63) is 45.9 Å². The normalized spacial score (nSPS) is 12.3. The molecule has 1 atom stereocenters. The van der Waals surface area contributed by atoms with Crippen molar-refractivity contribution in [1.29, 1.82) is 0 Å². The maximum atomic E-state index is 5.75. The number of aromatic nitrogens is 1. The Labute approximate surface area is 125 Å². The van der Waals surface area contributed by atoms with Gasteiger partial charge in [0.15, 0.2) is 0 Å². The number of nitrogens with one attached hydrogen (secondary N) is 1. The van der Waals surface area contributed by atoms with E-state index in [1.807, 2.05) is 30.3 Å². The summed E-state index contributed by atoms with van der Waals surface area (Å²) >= 11 is 1.74. The van der Waals surface area contributed by atoms with Crippen molar-refractivity contribution in [1.82, 2.24) is 10.3 Å². The highest BCUT2D eigenvalue weighted by Gasteiger charge is 2.13. The van der Waals surface area contributed by atoms with E-state index in [1.165, 1.54) is 4.88 Å². The lowest BCUT2D eigenvalue weighted by Crippen LogP contribution is -2.18. The molecule has 2 aromatic rings. The summed E-state index contributed by atoms with van der Waals surface area (Å²) in [7, 11) is 0. The molecule has 4 heteroatoms. The van der Waals surface area contributed by atoms with Gasteiger partial charge in [0.25, 0.3) is 0 Å². The minimum atomic E-state index is 0.359. The molecule has 0 aliphatic carbocycles. The molecule has 3 nitrogen and oxygen atoms in total. The minimum Gasteiger partial charge on any atom is -0.486 e. The molecule has 0 aliphatic rings. The number of ether oxygens (including phenoxy) is 1. The van der Waals surface area contributed by atoms with Crippen molar-refractivity contribution >= 4 is 11.3 Å². The molecule has 1 unspecified atom stereocenters. The van der Waals surface area contributed by atoms with E-state index in [0.29, 0.717) is 12.6 Å². The third kappa shape index (κ3) is 4.05. The first-order valence-electron chi connectivity index (χ1n) is 7.08. The van der Waals surface area contributed by atoms with E-state index in [9.17, 15) is 0 Å².